The molecule has 0 atom stereocenters. The first-order valence-electron chi connectivity index (χ1n) is 10.7. The molecule has 2 fully saturated rings. The normalized spacial score (nSPS) is 22.0. The van der Waals surface area contributed by atoms with Gasteiger partial charge in [0.25, 0.3) is 0 Å². The van der Waals surface area contributed by atoms with E-state index in [0.717, 1.165) is 44.8 Å². The number of hydrogen-bond donors (Lipinski definition) is 2. The molecule has 8 heteroatoms. The van der Waals surface area contributed by atoms with Gasteiger partial charge < -0.3 is 25.0 Å². The van der Waals surface area contributed by atoms with Crippen LogP contribution in [0.1, 0.15) is 25.7 Å². The second-order valence-corrected chi connectivity index (χ2v) is 8.34. The van der Waals surface area contributed by atoms with Crippen LogP contribution in [0.15, 0.2) is 30.5 Å². The first kappa shape index (κ1) is 21.2. The van der Waals surface area contributed by atoms with Gasteiger partial charge in [0, 0.05) is 30.5 Å². The summed E-state index contributed by atoms with van der Waals surface area (Å²) in [5.74, 6) is 1.46. The van der Waals surface area contributed by atoms with Crippen molar-refractivity contribution >= 4 is 28.9 Å². The Morgan fingerprint density at radius 3 is 2.57 bits per heavy atom. The molecule has 1 aromatic carbocycles. The van der Waals surface area contributed by atoms with Gasteiger partial charge in [0.15, 0.2) is 0 Å². The van der Waals surface area contributed by atoms with Crippen LogP contribution in [0, 0.1) is 5.92 Å². The standard InChI is InChI=1S/C22H30ClN5O2/c1-24-17-4-2-16(3-5-17)15-30-21-20(23)14-25-22(27-21)26-18-6-8-19(9-7-18)28-10-12-29-13-11-28/h6-9,14,16-17,24H,2-5,10-13,15H2,1H3,(H,25,26,27). The molecule has 1 saturated carbocycles. The van der Waals surface area contributed by atoms with Crippen LogP contribution in [0.5, 0.6) is 5.88 Å². The van der Waals surface area contributed by atoms with Crippen LogP contribution in [0.25, 0.3) is 0 Å². The number of anilines is 3. The Balaban J connectivity index is 1.33. The zero-order valence-electron chi connectivity index (χ0n) is 17.4. The van der Waals surface area contributed by atoms with Gasteiger partial charge in [0.1, 0.15) is 5.02 Å². The minimum atomic E-state index is 0.437. The number of nitrogens with zero attached hydrogens (tertiary/aromatic N) is 3. The van der Waals surface area contributed by atoms with Gasteiger partial charge in [0.2, 0.25) is 11.8 Å². The van der Waals surface area contributed by atoms with Crippen molar-refractivity contribution in [3.05, 3.63) is 35.5 Å². The molecular formula is C22H30ClN5O2. The Labute approximate surface area is 183 Å². The highest BCUT2D eigenvalue weighted by Gasteiger charge is 2.21. The van der Waals surface area contributed by atoms with Crippen molar-refractivity contribution in [1.29, 1.82) is 0 Å². The van der Waals surface area contributed by atoms with E-state index in [1.807, 2.05) is 19.2 Å². The number of halogens is 1. The molecule has 1 saturated heterocycles. The Hall–Kier alpha value is -2.09. The van der Waals surface area contributed by atoms with Crippen molar-refractivity contribution in [3.8, 4) is 5.88 Å². The van der Waals surface area contributed by atoms with Crippen LogP contribution in [0.2, 0.25) is 5.02 Å². The number of hydrogen-bond acceptors (Lipinski definition) is 7. The van der Waals surface area contributed by atoms with E-state index in [1.165, 1.54) is 18.5 Å². The highest BCUT2D eigenvalue weighted by Crippen LogP contribution is 2.28. The average Bonchev–Trinajstić information content (AvgIpc) is 2.81. The monoisotopic (exact) mass is 431 g/mol. The molecule has 4 rings (SSSR count). The van der Waals surface area contributed by atoms with E-state index in [1.54, 1.807) is 6.20 Å². The summed E-state index contributed by atoms with van der Waals surface area (Å²) in [5, 5.41) is 7.04. The zero-order chi connectivity index (χ0) is 20.8. The summed E-state index contributed by atoms with van der Waals surface area (Å²) in [7, 11) is 2.03. The molecule has 7 nitrogen and oxygen atoms in total. The van der Waals surface area contributed by atoms with Gasteiger partial charge in [-0.1, -0.05) is 11.6 Å². The second-order valence-electron chi connectivity index (χ2n) is 7.94. The fraction of sp³-hybridized carbons (Fsp3) is 0.545. The van der Waals surface area contributed by atoms with E-state index in [0.29, 0.717) is 35.4 Å². The van der Waals surface area contributed by atoms with E-state index >= 15 is 0 Å². The lowest BCUT2D eigenvalue weighted by atomic mass is 9.87. The summed E-state index contributed by atoms with van der Waals surface area (Å²) in [6.07, 6.45) is 6.29. The number of rotatable bonds is 7. The van der Waals surface area contributed by atoms with Crippen LogP contribution >= 0.6 is 11.6 Å². The third-order valence-electron chi connectivity index (χ3n) is 5.92. The molecule has 2 heterocycles. The molecule has 1 aliphatic carbocycles. The highest BCUT2D eigenvalue weighted by atomic mass is 35.5. The van der Waals surface area contributed by atoms with E-state index in [-0.39, 0.29) is 0 Å². The molecule has 0 unspecified atom stereocenters. The van der Waals surface area contributed by atoms with Crippen molar-refractivity contribution in [1.82, 2.24) is 15.3 Å². The van der Waals surface area contributed by atoms with Gasteiger partial charge >= 0.3 is 0 Å². The molecule has 162 valence electrons. The summed E-state index contributed by atoms with van der Waals surface area (Å²) in [6.45, 7) is 4.03. The molecular weight excluding hydrogens is 402 g/mol. The molecule has 0 bridgehead atoms. The van der Waals surface area contributed by atoms with Crippen molar-refractivity contribution in [2.45, 2.75) is 31.7 Å². The lowest BCUT2D eigenvalue weighted by Gasteiger charge is -2.28. The second kappa shape index (κ2) is 10.3. The maximum atomic E-state index is 6.27. The maximum Gasteiger partial charge on any atom is 0.237 e. The van der Waals surface area contributed by atoms with E-state index in [9.17, 15) is 0 Å². The lowest BCUT2D eigenvalue weighted by Crippen LogP contribution is -2.36. The average molecular weight is 432 g/mol. The maximum absolute atomic E-state index is 6.27. The van der Waals surface area contributed by atoms with E-state index < -0.39 is 0 Å². The third-order valence-corrected chi connectivity index (χ3v) is 6.18. The summed E-state index contributed by atoms with van der Waals surface area (Å²) in [6, 6.07) is 8.90. The van der Waals surface area contributed by atoms with Crippen molar-refractivity contribution in [3.63, 3.8) is 0 Å². The zero-order valence-corrected chi connectivity index (χ0v) is 18.2. The first-order chi connectivity index (χ1) is 14.7. The fourth-order valence-corrected chi connectivity index (χ4v) is 4.18. The van der Waals surface area contributed by atoms with Crippen molar-refractivity contribution in [2.24, 2.45) is 5.92 Å². The predicted octanol–water partition coefficient (Wildman–Crippen LogP) is 3.87. The number of nitrogens with one attached hydrogen (secondary N) is 2. The lowest BCUT2D eigenvalue weighted by molar-refractivity contribution is 0.122. The number of morpholine rings is 1. The Bertz CT molecular complexity index is 806. The van der Waals surface area contributed by atoms with Crippen LogP contribution in [0.4, 0.5) is 17.3 Å². The van der Waals surface area contributed by atoms with Gasteiger partial charge in [-0.25, -0.2) is 4.98 Å². The summed E-state index contributed by atoms with van der Waals surface area (Å²) in [4.78, 5) is 11.1. The van der Waals surface area contributed by atoms with Gasteiger partial charge in [-0.2, -0.15) is 4.98 Å². The molecule has 0 amide bonds. The van der Waals surface area contributed by atoms with Gasteiger partial charge in [-0.05, 0) is 62.9 Å². The molecule has 0 spiro atoms. The van der Waals surface area contributed by atoms with E-state index in [4.69, 9.17) is 21.1 Å². The van der Waals surface area contributed by atoms with Crippen molar-refractivity contribution in [2.75, 3.05) is 50.2 Å². The number of benzene rings is 1. The SMILES string of the molecule is CNC1CCC(COc2nc(Nc3ccc(N4CCOCC4)cc3)ncc2Cl)CC1. The van der Waals surface area contributed by atoms with Gasteiger partial charge in [0.05, 0.1) is 26.0 Å². The minimum absolute atomic E-state index is 0.437. The summed E-state index contributed by atoms with van der Waals surface area (Å²) in [5.41, 5.74) is 2.11. The largest absolute Gasteiger partial charge is 0.476 e. The molecule has 2 aromatic rings. The summed E-state index contributed by atoms with van der Waals surface area (Å²) < 4.78 is 11.4. The van der Waals surface area contributed by atoms with Crippen LogP contribution in [-0.4, -0.2) is 56.0 Å². The third kappa shape index (κ3) is 5.53. The molecule has 1 aliphatic heterocycles. The van der Waals surface area contributed by atoms with Crippen LogP contribution in [0.3, 0.4) is 0 Å². The molecule has 1 aromatic heterocycles. The predicted molar refractivity (Wildman–Crippen MR) is 120 cm³/mol. The topological polar surface area (TPSA) is 71.5 Å². The van der Waals surface area contributed by atoms with Crippen LogP contribution < -0.4 is 20.3 Å². The molecule has 30 heavy (non-hydrogen) atoms. The molecule has 0 radical (unpaired) electrons. The van der Waals surface area contributed by atoms with Crippen molar-refractivity contribution < 1.29 is 9.47 Å². The Morgan fingerprint density at radius 2 is 1.87 bits per heavy atom. The Kier molecular flexibility index (Phi) is 7.25. The van der Waals surface area contributed by atoms with E-state index in [2.05, 4.69) is 37.6 Å². The summed E-state index contributed by atoms with van der Waals surface area (Å²) >= 11 is 6.27. The number of aromatic nitrogens is 2. The smallest absolute Gasteiger partial charge is 0.237 e. The highest BCUT2D eigenvalue weighted by molar-refractivity contribution is 6.31. The molecule has 2 N–H and O–H groups in total. The quantitative estimate of drug-likeness (QED) is 0.689. The van der Waals surface area contributed by atoms with Crippen LogP contribution in [-0.2, 0) is 4.74 Å². The first-order valence-corrected chi connectivity index (χ1v) is 11.1. The number of ether oxygens (including phenoxy) is 2. The minimum Gasteiger partial charge on any atom is -0.476 e. The molecule has 2 aliphatic rings. The Morgan fingerprint density at radius 1 is 1.13 bits per heavy atom. The van der Waals surface area contributed by atoms with Gasteiger partial charge in [-0.3, -0.25) is 0 Å². The van der Waals surface area contributed by atoms with Gasteiger partial charge in [-0.15, -0.1) is 0 Å². The fourth-order valence-electron chi connectivity index (χ4n) is 4.03.